The number of likely N-dealkylation sites (tertiary alicyclic amines) is 1. The van der Waals surface area contributed by atoms with E-state index in [0.29, 0.717) is 24.9 Å². The molecule has 92 valence electrons. The molecule has 1 aromatic heterocycles. The van der Waals surface area contributed by atoms with Crippen LogP contribution in [-0.2, 0) is 0 Å². The van der Waals surface area contributed by atoms with E-state index in [1.165, 1.54) is 6.07 Å². The molecule has 5 heteroatoms. The molecule has 1 aromatic rings. The molecule has 1 aliphatic rings. The maximum absolute atomic E-state index is 13.4. The lowest BCUT2D eigenvalue weighted by Crippen LogP contribution is -2.30. The van der Waals surface area contributed by atoms with Gasteiger partial charge in [-0.1, -0.05) is 13.8 Å². The van der Waals surface area contributed by atoms with E-state index < -0.39 is 17.7 Å². The van der Waals surface area contributed by atoms with Gasteiger partial charge in [-0.3, -0.25) is 4.79 Å². The summed E-state index contributed by atoms with van der Waals surface area (Å²) in [5.41, 5.74) is -0.237. The molecule has 2 atom stereocenters. The van der Waals surface area contributed by atoms with Crippen molar-refractivity contribution >= 4 is 5.91 Å². The Kier molecular flexibility index (Phi) is 3.09. The van der Waals surface area contributed by atoms with Gasteiger partial charge in [-0.2, -0.15) is 4.39 Å². The van der Waals surface area contributed by atoms with Crippen LogP contribution in [0.2, 0.25) is 0 Å². The lowest BCUT2D eigenvalue weighted by atomic mass is 10.0. The van der Waals surface area contributed by atoms with Crippen LogP contribution in [0, 0.1) is 23.6 Å². The number of halogens is 2. The molecule has 1 saturated heterocycles. The van der Waals surface area contributed by atoms with Gasteiger partial charge in [0.2, 0.25) is 5.95 Å². The number of nitrogens with zero attached hydrogens (tertiary/aromatic N) is 2. The van der Waals surface area contributed by atoms with Crippen LogP contribution < -0.4 is 0 Å². The fourth-order valence-corrected chi connectivity index (χ4v) is 2.05. The average Bonchev–Trinajstić information content (AvgIpc) is 2.62. The predicted molar refractivity (Wildman–Crippen MR) is 58.4 cm³/mol. The molecular formula is C12H14F2N2O. The van der Waals surface area contributed by atoms with Crippen LogP contribution in [0.3, 0.4) is 0 Å². The lowest BCUT2D eigenvalue weighted by molar-refractivity contribution is 0.0778. The van der Waals surface area contributed by atoms with E-state index in [2.05, 4.69) is 4.98 Å². The van der Waals surface area contributed by atoms with Crippen LogP contribution in [0.25, 0.3) is 0 Å². The molecule has 2 unspecified atom stereocenters. The average molecular weight is 240 g/mol. The minimum atomic E-state index is -1.23. The van der Waals surface area contributed by atoms with Crippen molar-refractivity contribution in [2.45, 2.75) is 13.8 Å². The zero-order valence-electron chi connectivity index (χ0n) is 9.78. The minimum Gasteiger partial charge on any atom is -0.338 e. The highest BCUT2D eigenvalue weighted by atomic mass is 19.2. The first-order valence-corrected chi connectivity index (χ1v) is 5.60. The van der Waals surface area contributed by atoms with Gasteiger partial charge in [-0.25, -0.2) is 9.37 Å². The van der Waals surface area contributed by atoms with Gasteiger partial charge in [0.1, 0.15) is 0 Å². The molecule has 2 heterocycles. The smallest absolute Gasteiger partial charge is 0.257 e. The number of amides is 1. The van der Waals surface area contributed by atoms with Gasteiger partial charge in [0, 0.05) is 19.3 Å². The SMILES string of the molecule is CC1CN(C(=O)c2ccnc(F)c2F)CC1C. The number of hydrogen-bond donors (Lipinski definition) is 0. The van der Waals surface area contributed by atoms with E-state index in [1.54, 1.807) is 4.90 Å². The first-order valence-electron chi connectivity index (χ1n) is 5.60. The molecule has 1 aliphatic heterocycles. The van der Waals surface area contributed by atoms with E-state index >= 15 is 0 Å². The summed E-state index contributed by atoms with van der Waals surface area (Å²) in [7, 11) is 0. The van der Waals surface area contributed by atoms with Crippen molar-refractivity contribution in [2.75, 3.05) is 13.1 Å². The summed E-state index contributed by atoms with van der Waals surface area (Å²) < 4.78 is 26.3. The third-order valence-electron chi connectivity index (χ3n) is 3.35. The lowest BCUT2D eigenvalue weighted by Gasteiger charge is -2.16. The molecule has 0 bridgehead atoms. The highest BCUT2D eigenvalue weighted by Crippen LogP contribution is 2.24. The van der Waals surface area contributed by atoms with Crippen molar-refractivity contribution in [1.82, 2.24) is 9.88 Å². The second-order valence-electron chi connectivity index (χ2n) is 4.63. The van der Waals surface area contributed by atoms with Crippen molar-refractivity contribution in [2.24, 2.45) is 11.8 Å². The molecule has 0 saturated carbocycles. The zero-order chi connectivity index (χ0) is 12.6. The molecule has 0 N–H and O–H groups in total. The summed E-state index contributed by atoms with van der Waals surface area (Å²) >= 11 is 0. The maximum Gasteiger partial charge on any atom is 0.257 e. The van der Waals surface area contributed by atoms with Crippen LogP contribution in [0.1, 0.15) is 24.2 Å². The summed E-state index contributed by atoms with van der Waals surface area (Å²) in [6.45, 7) is 5.26. The molecule has 0 spiro atoms. The highest BCUT2D eigenvalue weighted by molar-refractivity contribution is 5.94. The van der Waals surface area contributed by atoms with Crippen LogP contribution in [0.5, 0.6) is 0 Å². The van der Waals surface area contributed by atoms with Gasteiger partial charge >= 0.3 is 0 Å². The Balaban J connectivity index is 2.24. The maximum atomic E-state index is 13.4. The molecule has 17 heavy (non-hydrogen) atoms. The van der Waals surface area contributed by atoms with Gasteiger partial charge in [0.25, 0.3) is 5.91 Å². The topological polar surface area (TPSA) is 33.2 Å². The third-order valence-corrected chi connectivity index (χ3v) is 3.35. The number of carbonyl (C=O) groups excluding carboxylic acids is 1. The monoisotopic (exact) mass is 240 g/mol. The Morgan fingerprint density at radius 3 is 2.53 bits per heavy atom. The van der Waals surface area contributed by atoms with Crippen LogP contribution >= 0.6 is 0 Å². The summed E-state index contributed by atoms with van der Waals surface area (Å²) in [6.07, 6.45) is 1.11. The molecule has 1 amide bonds. The number of pyridine rings is 1. The zero-order valence-corrected chi connectivity index (χ0v) is 9.78. The normalized spacial score (nSPS) is 24.1. The summed E-state index contributed by atoms with van der Waals surface area (Å²) in [6, 6.07) is 1.22. The second kappa shape index (κ2) is 4.39. The summed E-state index contributed by atoms with van der Waals surface area (Å²) in [5, 5.41) is 0. The van der Waals surface area contributed by atoms with Crippen molar-refractivity contribution in [3.05, 3.63) is 29.6 Å². The largest absolute Gasteiger partial charge is 0.338 e. The first-order chi connectivity index (χ1) is 8.00. The van der Waals surface area contributed by atoms with E-state index in [4.69, 9.17) is 0 Å². The Labute approximate surface area is 98.5 Å². The molecule has 0 aromatic carbocycles. The van der Waals surface area contributed by atoms with E-state index in [0.717, 1.165) is 6.20 Å². The van der Waals surface area contributed by atoms with Gasteiger partial charge in [0.15, 0.2) is 5.82 Å². The van der Waals surface area contributed by atoms with Crippen molar-refractivity contribution in [3.63, 3.8) is 0 Å². The number of carbonyl (C=O) groups is 1. The van der Waals surface area contributed by atoms with Crippen molar-refractivity contribution < 1.29 is 13.6 Å². The predicted octanol–water partition coefficient (Wildman–Crippen LogP) is 2.09. The fraction of sp³-hybridized carbons (Fsp3) is 0.500. The Hall–Kier alpha value is -1.52. The molecule has 2 rings (SSSR count). The quantitative estimate of drug-likeness (QED) is 0.704. The van der Waals surface area contributed by atoms with Crippen molar-refractivity contribution in [3.8, 4) is 0 Å². The van der Waals surface area contributed by atoms with Gasteiger partial charge in [-0.15, -0.1) is 0 Å². The van der Waals surface area contributed by atoms with Crippen LogP contribution in [0.15, 0.2) is 12.3 Å². The van der Waals surface area contributed by atoms with Gasteiger partial charge in [0.05, 0.1) is 5.56 Å². The van der Waals surface area contributed by atoms with Gasteiger partial charge < -0.3 is 4.90 Å². The minimum absolute atomic E-state index is 0.237. The molecular weight excluding hydrogens is 226 g/mol. The second-order valence-corrected chi connectivity index (χ2v) is 4.63. The van der Waals surface area contributed by atoms with Crippen LogP contribution in [0.4, 0.5) is 8.78 Å². The highest BCUT2D eigenvalue weighted by Gasteiger charge is 2.31. The summed E-state index contributed by atoms with van der Waals surface area (Å²) in [5.74, 6) is -2.08. The van der Waals surface area contributed by atoms with E-state index in [1.807, 2.05) is 13.8 Å². The van der Waals surface area contributed by atoms with Gasteiger partial charge in [-0.05, 0) is 17.9 Å². The van der Waals surface area contributed by atoms with Crippen molar-refractivity contribution in [1.29, 1.82) is 0 Å². The van der Waals surface area contributed by atoms with Crippen LogP contribution in [-0.4, -0.2) is 28.9 Å². The first kappa shape index (κ1) is 12.0. The molecule has 0 radical (unpaired) electrons. The van der Waals surface area contributed by atoms with E-state index in [9.17, 15) is 13.6 Å². The Morgan fingerprint density at radius 1 is 1.35 bits per heavy atom. The molecule has 0 aliphatic carbocycles. The number of aromatic nitrogens is 1. The number of hydrogen-bond acceptors (Lipinski definition) is 2. The Bertz CT molecular complexity index is 440. The third kappa shape index (κ3) is 2.14. The summed E-state index contributed by atoms with van der Waals surface area (Å²) in [4.78, 5) is 16.7. The number of rotatable bonds is 1. The molecule has 1 fully saturated rings. The fourth-order valence-electron chi connectivity index (χ4n) is 2.05. The molecule has 3 nitrogen and oxygen atoms in total. The standard InChI is InChI=1S/C12H14F2N2O/c1-7-5-16(6-8(7)2)12(17)9-3-4-15-11(14)10(9)13/h3-4,7-8H,5-6H2,1-2H3. The van der Waals surface area contributed by atoms with E-state index in [-0.39, 0.29) is 5.56 Å². The Morgan fingerprint density at radius 2 is 1.94 bits per heavy atom.